The normalized spacial score (nSPS) is 10.5. The van der Waals surface area contributed by atoms with Crippen LogP contribution in [0.5, 0.6) is 0 Å². The van der Waals surface area contributed by atoms with E-state index in [1.54, 1.807) is 25.1 Å². The Labute approximate surface area is 102 Å². The minimum absolute atomic E-state index is 0.696. The number of aromatic nitrogens is 1. The molecule has 0 saturated heterocycles. The molecule has 0 spiro atoms. The van der Waals surface area contributed by atoms with Crippen LogP contribution >= 0.6 is 39.3 Å². The van der Waals surface area contributed by atoms with Gasteiger partial charge in [0.25, 0.3) is 0 Å². The summed E-state index contributed by atoms with van der Waals surface area (Å²) in [5.41, 5.74) is 0. The minimum Gasteiger partial charge on any atom is -0.385 e. The molecule has 5 heteroatoms. The van der Waals surface area contributed by atoms with Crippen LogP contribution in [0.4, 0.5) is 0 Å². The van der Waals surface area contributed by atoms with Gasteiger partial charge in [0.05, 0.1) is 5.02 Å². The van der Waals surface area contributed by atoms with Crippen LogP contribution in [0, 0.1) is 0 Å². The molecule has 0 atom stereocenters. The third-order valence-electron chi connectivity index (χ3n) is 1.51. The molecule has 0 saturated carbocycles. The number of hydrogen-bond acceptors (Lipinski definition) is 3. The van der Waals surface area contributed by atoms with Crippen molar-refractivity contribution in [3.63, 3.8) is 0 Å². The maximum absolute atomic E-state index is 6.00. The number of nitrogens with zero attached hydrogens (tertiary/aromatic N) is 1. The zero-order valence-electron chi connectivity index (χ0n) is 7.80. The van der Waals surface area contributed by atoms with Crippen molar-refractivity contribution in [1.29, 1.82) is 0 Å². The number of ether oxygens (including phenoxy) is 1. The van der Waals surface area contributed by atoms with Gasteiger partial charge in [-0.15, -0.1) is 11.8 Å². The van der Waals surface area contributed by atoms with Crippen LogP contribution in [0.15, 0.2) is 21.8 Å². The van der Waals surface area contributed by atoms with Gasteiger partial charge in [0.1, 0.15) is 5.03 Å². The van der Waals surface area contributed by atoms with E-state index in [4.69, 9.17) is 16.3 Å². The van der Waals surface area contributed by atoms with E-state index in [0.29, 0.717) is 5.02 Å². The first-order valence-corrected chi connectivity index (χ1v) is 6.32. The van der Waals surface area contributed by atoms with Crippen LogP contribution in [0.25, 0.3) is 0 Å². The molecule has 0 unspecified atom stereocenters. The summed E-state index contributed by atoms with van der Waals surface area (Å²) < 4.78 is 5.86. The fourth-order valence-corrected chi connectivity index (χ4v) is 2.45. The van der Waals surface area contributed by atoms with Crippen molar-refractivity contribution >= 4 is 39.3 Å². The molecule has 0 aliphatic heterocycles. The van der Waals surface area contributed by atoms with E-state index in [9.17, 15) is 0 Å². The average molecular weight is 297 g/mol. The maximum Gasteiger partial charge on any atom is 0.115 e. The summed E-state index contributed by atoms with van der Waals surface area (Å²) in [5.74, 6) is 0.974. The Balaban J connectivity index is 2.42. The molecule has 0 bridgehead atoms. The van der Waals surface area contributed by atoms with Gasteiger partial charge in [-0.1, -0.05) is 11.6 Å². The van der Waals surface area contributed by atoms with Crippen molar-refractivity contribution in [3.05, 3.63) is 21.8 Å². The molecule has 0 radical (unpaired) electrons. The number of halogens is 2. The van der Waals surface area contributed by atoms with Gasteiger partial charge in [-0.05, 0) is 28.4 Å². The Morgan fingerprint density at radius 1 is 1.64 bits per heavy atom. The number of hydrogen-bond donors (Lipinski definition) is 0. The van der Waals surface area contributed by atoms with Crippen LogP contribution in [0.3, 0.4) is 0 Å². The Morgan fingerprint density at radius 2 is 2.43 bits per heavy atom. The lowest BCUT2D eigenvalue weighted by Crippen LogP contribution is -1.91. The fourth-order valence-electron chi connectivity index (χ4n) is 0.880. The highest BCUT2D eigenvalue weighted by Crippen LogP contribution is 2.27. The summed E-state index contributed by atoms with van der Waals surface area (Å²) >= 11 is 11.0. The van der Waals surface area contributed by atoms with E-state index in [-0.39, 0.29) is 0 Å². The molecular weight excluding hydrogens is 286 g/mol. The predicted octanol–water partition coefficient (Wildman–Crippen LogP) is 3.63. The first kappa shape index (κ1) is 12.3. The smallest absolute Gasteiger partial charge is 0.115 e. The van der Waals surface area contributed by atoms with Crippen molar-refractivity contribution < 1.29 is 4.74 Å². The third-order valence-corrected chi connectivity index (χ3v) is 3.43. The summed E-state index contributed by atoms with van der Waals surface area (Å²) in [7, 11) is 1.70. The zero-order valence-corrected chi connectivity index (χ0v) is 11.0. The predicted molar refractivity (Wildman–Crippen MR) is 64.2 cm³/mol. The third kappa shape index (κ3) is 4.17. The van der Waals surface area contributed by atoms with Gasteiger partial charge >= 0.3 is 0 Å². The highest BCUT2D eigenvalue weighted by molar-refractivity contribution is 9.10. The van der Waals surface area contributed by atoms with Crippen molar-refractivity contribution in [2.45, 2.75) is 11.4 Å². The lowest BCUT2D eigenvalue weighted by molar-refractivity contribution is 0.200. The van der Waals surface area contributed by atoms with E-state index in [1.807, 2.05) is 6.07 Å². The zero-order chi connectivity index (χ0) is 10.4. The Bertz CT molecular complexity index is 298. The van der Waals surface area contributed by atoms with E-state index >= 15 is 0 Å². The number of thioether (sulfide) groups is 1. The Kier molecular flexibility index (Phi) is 5.86. The molecule has 1 heterocycles. The molecular formula is C9H11BrClNOS. The first-order valence-electron chi connectivity index (χ1n) is 4.17. The Morgan fingerprint density at radius 3 is 3.07 bits per heavy atom. The van der Waals surface area contributed by atoms with E-state index < -0.39 is 0 Å². The lowest BCUT2D eigenvalue weighted by Gasteiger charge is -2.02. The molecule has 0 amide bonds. The minimum atomic E-state index is 0.696. The largest absolute Gasteiger partial charge is 0.385 e. The summed E-state index contributed by atoms with van der Waals surface area (Å²) in [4.78, 5) is 4.22. The number of methoxy groups -OCH3 is 1. The second-order valence-corrected chi connectivity index (χ2v) is 5.04. The van der Waals surface area contributed by atoms with Crippen LogP contribution in [0.2, 0.25) is 5.02 Å². The molecule has 0 aromatic carbocycles. The summed E-state index contributed by atoms with van der Waals surface area (Å²) in [6, 6.07) is 1.85. The van der Waals surface area contributed by atoms with Crippen molar-refractivity contribution in [2.24, 2.45) is 0 Å². The topological polar surface area (TPSA) is 22.1 Å². The summed E-state index contributed by atoms with van der Waals surface area (Å²) in [5, 5.41) is 1.58. The van der Waals surface area contributed by atoms with Crippen molar-refractivity contribution in [3.8, 4) is 0 Å². The Hall–Kier alpha value is 0.230. The molecule has 2 nitrogen and oxygen atoms in total. The van der Waals surface area contributed by atoms with E-state index in [0.717, 1.165) is 28.3 Å². The van der Waals surface area contributed by atoms with Gasteiger partial charge in [-0.3, -0.25) is 0 Å². The van der Waals surface area contributed by atoms with Crippen molar-refractivity contribution in [1.82, 2.24) is 4.98 Å². The monoisotopic (exact) mass is 295 g/mol. The molecule has 1 rings (SSSR count). The standard InChI is InChI=1S/C9H11BrClNOS/c1-13-3-2-4-14-9-8(11)5-7(10)6-12-9/h5-6H,2-4H2,1H3. The number of pyridine rings is 1. The second kappa shape index (κ2) is 6.67. The van der Waals surface area contributed by atoms with Gasteiger partial charge in [0.15, 0.2) is 0 Å². The van der Waals surface area contributed by atoms with Crippen molar-refractivity contribution in [2.75, 3.05) is 19.5 Å². The molecule has 1 aromatic heterocycles. The lowest BCUT2D eigenvalue weighted by atomic mass is 10.5. The summed E-state index contributed by atoms with van der Waals surface area (Å²) in [6.07, 6.45) is 2.76. The highest BCUT2D eigenvalue weighted by Gasteiger charge is 2.02. The first-order chi connectivity index (χ1) is 6.74. The highest BCUT2D eigenvalue weighted by atomic mass is 79.9. The van der Waals surface area contributed by atoms with Gasteiger partial charge in [-0.2, -0.15) is 0 Å². The van der Waals surface area contributed by atoms with E-state index in [1.165, 1.54) is 0 Å². The fraction of sp³-hybridized carbons (Fsp3) is 0.444. The number of rotatable bonds is 5. The van der Waals surface area contributed by atoms with Crippen LogP contribution < -0.4 is 0 Å². The van der Waals surface area contributed by atoms with Gasteiger partial charge in [0.2, 0.25) is 0 Å². The molecule has 0 aliphatic carbocycles. The molecule has 78 valence electrons. The van der Waals surface area contributed by atoms with Gasteiger partial charge in [0, 0.05) is 30.1 Å². The molecule has 0 fully saturated rings. The van der Waals surface area contributed by atoms with Gasteiger partial charge in [-0.25, -0.2) is 4.98 Å². The average Bonchev–Trinajstić information content (AvgIpc) is 2.15. The van der Waals surface area contributed by atoms with Gasteiger partial charge < -0.3 is 4.74 Å². The maximum atomic E-state index is 6.00. The second-order valence-electron chi connectivity index (χ2n) is 2.64. The van der Waals surface area contributed by atoms with Crippen LogP contribution in [0.1, 0.15) is 6.42 Å². The molecule has 0 N–H and O–H groups in total. The molecule has 14 heavy (non-hydrogen) atoms. The van der Waals surface area contributed by atoms with Crippen LogP contribution in [-0.2, 0) is 4.74 Å². The van der Waals surface area contributed by atoms with E-state index in [2.05, 4.69) is 20.9 Å². The van der Waals surface area contributed by atoms with Crippen LogP contribution in [-0.4, -0.2) is 24.5 Å². The molecule has 0 aliphatic rings. The molecule has 1 aromatic rings. The SMILES string of the molecule is COCCCSc1ncc(Br)cc1Cl. The quantitative estimate of drug-likeness (QED) is 0.612. The summed E-state index contributed by atoms with van der Waals surface area (Å²) in [6.45, 7) is 0.779.